The van der Waals surface area contributed by atoms with Crippen LogP contribution in [-0.2, 0) is 6.54 Å². The van der Waals surface area contributed by atoms with E-state index in [1.807, 2.05) is 13.8 Å². The number of terminal acetylenes is 1. The maximum Gasteiger partial charge on any atom is 0.283 e. The fourth-order valence-electron chi connectivity index (χ4n) is 1.48. The van der Waals surface area contributed by atoms with Crippen molar-refractivity contribution in [1.82, 2.24) is 9.78 Å². The van der Waals surface area contributed by atoms with E-state index in [4.69, 9.17) is 6.42 Å². The summed E-state index contributed by atoms with van der Waals surface area (Å²) in [7, 11) is 0. The molecule has 0 spiro atoms. The zero-order chi connectivity index (χ0) is 13.5. The minimum absolute atomic E-state index is 0.106. The Morgan fingerprint density at radius 3 is 2.94 bits per heavy atom. The van der Waals surface area contributed by atoms with E-state index in [-0.39, 0.29) is 5.56 Å². The molecule has 0 atom stereocenters. The number of nitrogens with zero attached hydrogens (tertiary/aromatic N) is 2. The molecule has 98 valence electrons. The third-order valence-corrected chi connectivity index (χ3v) is 3.10. The van der Waals surface area contributed by atoms with Gasteiger partial charge in [0.05, 0.1) is 11.9 Å². The molecule has 4 nitrogen and oxygen atoms in total. The third-order valence-electron chi connectivity index (χ3n) is 2.34. The summed E-state index contributed by atoms with van der Waals surface area (Å²) >= 11 is 3.31. The molecule has 0 fully saturated rings. The van der Waals surface area contributed by atoms with E-state index >= 15 is 0 Å². The van der Waals surface area contributed by atoms with Crippen LogP contribution < -0.4 is 10.9 Å². The minimum atomic E-state index is -0.106. The van der Waals surface area contributed by atoms with Gasteiger partial charge in [0.1, 0.15) is 4.47 Å². The van der Waals surface area contributed by atoms with Crippen molar-refractivity contribution in [3.05, 3.63) is 21.0 Å². The summed E-state index contributed by atoms with van der Waals surface area (Å²) in [6, 6.07) is 0. The Labute approximate surface area is 116 Å². The van der Waals surface area contributed by atoms with Gasteiger partial charge in [-0.15, -0.1) is 12.3 Å². The standard InChI is InChI=1S/C13H18BrN3O/c1-4-5-6-7-15-11-8-16-17(9-10(2)3)13(18)12(11)14/h1,8,10,15H,5-7,9H2,2-3H3. The van der Waals surface area contributed by atoms with Gasteiger partial charge >= 0.3 is 0 Å². The van der Waals surface area contributed by atoms with E-state index in [2.05, 4.69) is 32.3 Å². The van der Waals surface area contributed by atoms with Gasteiger partial charge in [-0.2, -0.15) is 5.10 Å². The van der Waals surface area contributed by atoms with Crippen molar-refractivity contribution in [1.29, 1.82) is 0 Å². The van der Waals surface area contributed by atoms with Crippen molar-refractivity contribution in [3.63, 3.8) is 0 Å². The quantitative estimate of drug-likeness (QED) is 0.648. The maximum atomic E-state index is 12.0. The summed E-state index contributed by atoms with van der Waals surface area (Å²) < 4.78 is 2.00. The molecule has 1 N–H and O–H groups in total. The Morgan fingerprint density at radius 1 is 1.61 bits per heavy atom. The van der Waals surface area contributed by atoms with Gasteiger partial charge in [-0.25, -0.2) is 4.68 Å². The number of nitrogens with one attached hydrogen (secondary N) is 1. The molecular formula is C13H18BrN3O. The van der Waals surface area contributed by atoms with Crippen molar-refractivity contribution >= 4 is 21.6 Å². The Morgan fingerprint density at radius 2 is 2.33 bits per heavy atom. The van der Waals surface area contributed by atoms with Crippen LogP contribution in [0.25, 0.3) is 0 Å². The Kier molecular flexibility index (Phi) is 5.93. The number of rotatable bonds is 6. The Balaban J connectivity index is 2.75. The summed E-state index contributed by atoms with van der Waals surface area (Å²) in [5.74, 6) is 2.96. The fourth-order valence-corrected chi connectivity index (χ4v) is 1.92. The molecule has 0 radical (unpaired) electrons. The van der Waals surface area contributed by atoms with Gasteiger partial charge in [-0.3, -0.25) is 4.79 Å². The molecule has 0 saturated heterocycles. The molecule has 18 heavy (non-hydrogen) atoms. The van der Waals surface area contributed by atoms with Crippen molar-refractivity contribution in [2.45, 2.75) is 33.2 Å². The van der Waals surface area contributed by atoms with Crippen molar-refractivity contribution < 1.29 is 0 Å². The molecule has 0 aliphatic heterocycles. The second-order valence-corrected chi connectivity index (χ2v) is 5.28. The first-order valence-corrected chi connectivity index (χ1v) is 6.78. The van der Waals surface area contributed by atoms with E-state index in [1.54, 1.807) is 6.20 Å². The van der Waals surface area contributed by atoms with Gasteiger partial charge in [0, 0.05) is 19.5 Å². The first kappa shape index (κ1) is 14.8. The molecule has 0 aliphatic rings. The lowest BCUT2D eigenvalue weighted by atomic mass is 10.2. The monoisotopic (exact) mass is 311 g/mol. The molecule has 1 aromatic rings. The lowest BCUT2D eigenvalue weighted by Gasteiger charge is -2.11. The van der Waals surface area contributed by atoms with Gasteiger partial charge in [-0.1, -0.05) is 13.8 Å². The van der Waals surface area contributed by atoms with Crippen LogP contribution in [0.4, 0.5) is 5.69 Å². The summed E-state index contributed by atoms with van der Waals surface area (Å²) in [4.78, 5) is 12.0. The smallest absolute Gasteiger partial charge is 0.283 e. The van der Waals surface area contributed by atoms with Crippen molar-refractivity contribution in [3.8, 4) is 12.3 Å². The number of aromatic nitrogens is 2. The number of unbranched alkanes of at least 4 members (excludes halogenated alkanes) is 1. The molecule has 0 bridgehead atoms. The normalized spacial score (nSPS) is 10.4. The van der Waals surface area contributed by atoms with Crippen molar-refractivity contribution in [2.75, 3.05) is 11.9 Å². The first-order valence-electron chi connectivity index (χ1n) is 5.99. The molecule has 0 aromatic carbocycles. The van der Waals surface area contributed by atoms with E-state index in [0.717, 1.165) is 25.1 Å². The molecular weight excluding hydrogens is 294 g/mol. The highest BCUT2D eigenvalue weighted by Crippen LogP contribution is 2.16. The van der Waals surface area contributed by atoms with Crippen LogP contribution in [0.5, 0.6) is 0 Å². The zero-order valence-electron chi connectivity index (χ0n) is 10.7. The second-order valence-electron chi connectivity index (χ2n) is 4.49. The number of halogens is 1. The number of anilines is 1. The SMILES string of the molecule is C#CCCCNc1cnn(CC(C)C)c(=O)c1Br. The highest BCUT2D eigenvalue weighted by atomic mass is 79.9. The molecule has 1 aromatic heterocycles. The predicted molar refractivity (Wildman–Crippen MR) is 77.6 cm³/mol. The van der Waals surface area contributed by atoms with Crippen LogP contribution in [0.2, 0.25) is 0 Å². The molecule has 0 unspecified atom stereocenters. The van der Waals surface area contributed by atoms with Crippen molar-refractivity contribution in [2.24, 2.45) is 5.92 Å². The van der Waals surface area contributed by atoms with Gasteiger partial charge in [0.25, 0.3) is 5.56 Å². The fraction of sp³-hybridized carbons (Fsp3) is 0.538. The van der Waals surface area contributed by atoms with Crippen LogP contribution >= 0.6 is 15.9 Å². The number of hydrogen-bond acceptors (Lipinski definition) is 3. The highest BCUT2D eigenvalue weighted by Gasteiger charge is 2.09. The van der Waals surface area contributed by atoms with E-state index in [0.29, 0.717) is 16.9 Å². The summed E-state index contributed by atoms with van der Waals surface area (Å²) in [6.07, 6.45) is 8.44. The second kappa shape index (κ2) is 7.22. The average molecular weight is 312 g/mol. The third kappa shape index (κ3) is 4.19. The van der Waals surface area contributed by atoms with Crippen LogP contribution in [-0.4, -0.2) is 16.3 Å². The van der Waals surface area contributed by atoms with Gasteiger partial charge in [-0.05, 0) is 28.3 Å². The highest BCUT2D eigenvalue weighted by molar-refractivity contribution is 9.10. The summed E-state index contributed by atoms with van der Waals surface area (Å²) in [5, 5.41) is 7.30. The topological polar surface area (TPSA) is 46.9 Å². The Bertz CT molecular complexity index is 488. The molecule has 1 rings (SSSR count). The number of hydrogen-bond donors (Lipinski definition) is 1. The molecule has 0 saturated carbocycles. The van der Waals surface area contributed by atoms with Gasteiger partial charge in [0.2, 0.25) is 0 Å². The van der Waals surface area contributed by atoms with E-state index in [9.17, 15) is 4.79 Å². The van der Waals surface area contributed by atoms with Crippen LogP contribution in [0.1, 0.15) is 26.7 Å². The maximum absolute atomic E-state index is 12.0. The van der Waals surface area contributed by atoms with Gasteiger partial charge in [0.15, 0.2) is 0 Å². The molecule has 0 amide bonds. The summed E-state index contributed by atoms with van der Waals surface area (Å²) in [5.41, 5.74) is 0.614. The van der Waals surface area contributed by atoms with E-state index < -0.39 is 0 Å². The summed E-state index contributed by atoms with van der Waals surface area (Å²) in [6.45, 7) is 5.45. The predicted octanol–water partition coefficient (Wildman–Crippen LogP) is 2.49. The average Bonchev–Trinajstić information content (AvgIpc) is 2.32. The van der Waals surface area contributed by atoms with Crippen LogP contribution in [0.15, 0.2) is 15.5 Å². The Hall–Kier alpha value is -1.28. The van der Waals surface area contributed by atoms with Crippen LogP contribution in [0.3, 0.4) is 0 Å². The van der Waals surface area contributed by atoms with E-state index in [1.165, 1.54) is 4.68 Å². The zero-order valence-corrected chi connectivity index (χ0v) is 12.3. The first-order chi connectivity index (χ1) is 8.56. The minimum Gasteiger partial charge on any atom is -0.383 e. The molecule has 5 heteroatoms. The van der Waals surface area contributed by atoms with Gasteiger partial charge < -0.3 is 5.32 Å². The molecule has 1 heterocycles. The lowest BCUT2D eigenvalue weighted by molar-refractivity contribution is 0.462. The lowest BCUT2D eigenvalue weighted by Crippen LogP contribution is -2.26. The van der Waals surface area contributed by atoms with Crippen LogP contribution in [0, 0.1) is 18.3 Å². The molecule has 0 aliphatic carbocycles. The largest absolute Gasteiger partial charge is 0.383 e.